The van der Waals surface area contributed by atoms with E-state index in [0.717, 1.165) is 26.1 Å². The molecule has 4 rings (SSSR count). The van der Waals surface area contributed by atoms with E-state index in [9.17, 15) is 31.1 Å². The van der Waals surface area contributed by atoms with Gasteiger partial charge < -0.3 is 15.0 Å². The van der Waals surface area contributed by atoms with E-state index in [2.05, 4.69) is 29.3 Å². The van der Waals surface area contributed by atoms with E-state index in [1.165, 1.54) is 23.3 Å². The van der Waals surface area contributed by atoms with Crippen LogP contribution in [0.3, 0.4) is 0 Å². The van der Waals surface area contributed by atoms with E-state index in [1.807, 2.05) is 12.1 Å². The number of anilines is 1. The van der Waals surface area contributed by atoms with E-state index < -0.39 is 30.1 Å². The number of rotatable bonds is 7. The van der Waals surface area contributed by atoms with Crippen molar-refractivity contribution in [3.05, 3.63) is 94.5 Å². The molecule has 0 bridgehead atoms. The molecule has 2 amide bonds. The van der Waals surface area contributed by atoms with Crippen molar-refractivity contribution in [3.63, 3.8) is 0 Å². The summed E-state index contributed by atoms with van der Waals surface area (Å²) in [5, 5.41) is 2.80. The molecule has 1 heterocycles. The molecule has 3 aromatic rings. The van der Waals surface area contributed by atoms with Crippen LogP contribution in [-0.4, -0.2) is 48.6 Å². The van der Waals surface area contributed by atoms with Gasteiger partial charge in [0.05, 0.1) is 11.1 Å². The molecule has 1 aliphatic rings. The lowest BCUT2D eigenvalue weighted by molar-refractivity contribution is -0.143. The Labute approximate surface area is 228 Å². The van der Waals surface area contributed by atoms with Gasteiger partial charge in [0.2, 0.25) is 0 Å². The molecule has 40 heavy (non-hydrogen) atoms. The van der Waals surface area contributed by atoms with Crippen molar-refractivity contribution >= 4 is 11.7 Å². The number of carbonyl (C=O) groups excluding carboxylic acids is 1. The van der Waals surface area contributed by atoms with Crippen LogP contribution >= 0.6 is 0 Å². The Balaban J connectivity index is 1.26. The monoisotopic (exact) mass is 565 g/mol. The minimum Gasteiger partial charge on any atom is -0.489 e. The molecular weight excluding hydrogens is 536 g/mol. The molecule has 5 nitrogen and oxygen atoms in total. The van der Waals surface area contributed by atoms with Crippen LogP contribution in [0.4, 0.5) is 36.8 Å². The zero-order chi connectivity index (χ0) is 28.9. The number of urea groups is 1. The Kier molecular flexibility index (Phi) is 8.92. The number of hydrogen-bond acceptors (Lipinski definition) is 3. The summed E-state index contributed by atoms with van der Waals surface area (Å²) in [6.45, 7) is 5.21. The summed E-state index contributed by atoms with van der Waals surface area (Å²) in [4.78, 5) is 16.7. The van der Waals surface area contributed by atoms with Crippen molar-refractivity contribution < 1.29 is 35.9 Å². The summed E-state index contributed by atoms with van der Waals surface area (Å²) < 4.78 is 83.8. The minimum absolute atomic E-state index is 0.0758. The van der Waals surface area contributed by atoms with Gasteiger partial charge in [0.1, 0.15) is 12.4 Å². The Bertz CT molecular complexity index is 1270. The van der Waals surface area contributed by atoms with Crippen LogP contribution in [0.2, 0.25) is 0 Å². The third-order valence-corrected chi connectivity index (χ3v) is 6.78. The highest BCUT2D eigenvalue weighted by Crippen LogP contribution is 2.36. The van der Waals surface area contributed by atoms with Gasteiger partial charge >= 0.3 is 18.4 Å². The van der Waals surface area contributed by atoms with Crippen LogP contribution in [0.1, 0.15) is 27.8 Å². The third-order valence-electron chi connectivity index (χ3n) is 6.78. The van der Waals surface area contributed by atoms with Crippen molar-refractivity contribution in [2.45, 2.75) is 32.3 Å². The first kappa shape index (κ1) is 29.3. The number of piperazine rings is 1. The van der Waals surface area contributed by atoms with E-state index >= 15 is 0 Å². The number of halogens is 6. The molecule has 0 spiro atoms. The summed E-state index contributed by atoms with van der Waals surface area (Å²) in [7, 11) is 0. The van der Waals surface area contributed by atoms with Crippen molar-refractivity contribution in [1.82, 2.24) is 9.80 Å². The summed E-state index contributed by atoms with van der Waals surface area (Å²) in [5.74, 6) is 0.228. The average Bonchev–Trinajstić information content (AvgIpc) is 2.91. The van der Waals surface area contributed by atoms with Gasteiger partial charge in [-0.25, -0.2) is 4.79 Å². The highest BCUT2D eigenvalue weighted by atomic mass is 19.4. The molecular formula is C29H29F6N3O2. The number of amides is 2. The smallest absolute Gasteiger partial charge is 0.416 e. The normalized spacial score (nSPS) is 14.7. The molecule has 0 aliphatic carbocycles. The highest BCUT2D eigenvalue weighted by molar-refractivity contribution is 5.89. The quantitative estimate of drug-likeness (QED) is 0.314. The van der Waals surface area contributed by atoms with Gasteiger partial charge in [-0.05, 0) is 72.5 Å². The standard InChI is InChI=1S/C29H29F6N3O2/c1-20-4-2-3-5-22(20)10-11-37-12-14-38(15-13-37)27(39)36-25-6-8-26(9-7-25)40-19-21-16-23(28(30,31)32)18-24(17-21)29(33,34)35/h2-9,16-18H,10-15,19H2,1H3,(H,36,39). The lowest BCUT2D eigenvalue weighted by Crippen LogP contribution is -2.50. The number of nitrogens with one attached hydrogen (secondary N) is 1. The predicted molar refractivity (Wildman–Crippen MR) is 139 cm³/mol. The van der Waals surface area contributed by atoms with Gasteiger partial charge in [0.25, 0.3) is 0 Å². The SMILES string of the molecule is Cc1ccccc1CCN1CCN(C(=O)Nc2ccc(OCc3cc(C(F)(F)F)cc(C(F)(F)F)c3)cc2)CC1. The van der Waals surface area contributed by atoms with Crippen LogP contribution in [0.5, 0.6) is 5.75 Å². The number of aryl methyl sites for hydroxylation is 1. The van der Waals surface area contributed by atoms with E-state index in [0.29, 0.717) is 30.9 Å². The van der Waals surface area contributed by atoms with Crippen molar-refractivity contribution in [1.29, 1.82) is 0 Å². The average molecular weight is 566 g/mol. The number of carbonyl (C=O) groups is 1. The van der Waals surface area contributed by atoms with Crippen LogP contribution in [-0.2, 0) is 25.4 Å². The molecule has 3 aromatic carbocycles. The van der Waals surface area contributed by atoms with Gasteiger partial charge in [0.15, 0.2) is 0 Å². The molecule has 1 fully saturated rings. The second kappa shape index (κ2) is 12.2. The molecule has 11 heteroatoms. The topological polar surface area (TPSA) is 44.8 Å². The van der Waals surface area contributed by atoms with Crippen molar-refractivity contribution in [2.24, 2.45) is 0 Å². The molecule has 0 unspecified atom stereocenters. The van der Waals surface area contributed by atoms with E-state index in [4.69, 9.17) is 4.74 Å². The fourth-order valence-electron chi connectivity index (χ4n) is 4.45. The number of ether oxygens (including phenoxy) is 1. The fraction of sp³-hybridized carbons (Fsp3) is 0.345. The summed E-state index contributed by atoms with van der Waals surface area (Å²) in [6, 6.07) is 15.4. The van der Waals surface area contributed by atoms with Crippen molar-refractivity contribution in [2.75, 3.05) is 38.0 Å². The lowest BCUT2D eigenvalue weighted by Gasteiger charge is -2.34. The first-order chi connectivity index (χ1) is 18.9. The van der Waals surface area contributed by atoms with Gasteiger partial charge in [-0.2, -0.15) is 26.3 Å². The number of alkyl halides is 6. The first-order valence-electron chi connectivity index (χ1n) is 12.7. The van der Waals surface area contributed by atoms with Crippen LogP contribution in [0, 0.1) is 6.92 Å². The van der Waals surface area contributed by atoms with Crippen LogP contribution in [0.25, 0.3) is 0 Å². The zero-order valence-electron chi connectivity index (χ0n) is 21.8. The zero-order valence-corrected chi connectivity index (χ0v) is 21.8. The maximum Gasteiger partial charge on any atom is 0.416 e. The maximum absolute atomic E-state index is 13.1. The Hall–Kier alpha value is -3.73. The van der Waals surface area contributed by atoms with Crippen LogP contribution in [0.15, 0.2) is 66.7 Å². The Morgan fingerprint density at radius 3 is 2.02 bits per heavy atom. The van der Waals surface area contributed by atoms with E-state index in [-0.39, 0.29) is 23.4 Å². The number of hydrogen-bond donors (Lipinski definition) is 1. The molecule has 1 aliphatic heterocycles. The third kappa shape index (κ3) is 7.91. The second-order valence-corrected chi connectivity index (χ2v) is 9.66. The Morgan fingerprint density at radius 2 is 1.45 bits per heavy atom. The van der Waals surface area contributed by atoms with Crippen LogP contribution < -0.4 is 10.1 Å². The molecule has 1 N–H and O–H groups in total. The van der Waals surface area contributed by atoms with Gasteiger partial charge in [0, 0.05) is 38.4 Å². The summed E-state index contributed by atoms with van der Waals surface area (Å²) in [6.07, 6.45) is -8.90. The predicted octanol–water partition coefficient (Wildman–Crippen LogP) is 7.00. The summed E-state index contributed by atoms with van der Waals surface area (Å²) >= 11 is 0. The first-order valence-corrected chi connectivity index (χ1v) is 12.7. The Morgan fingerprint density at radius 1 is 0.850 bits per heavy atom. The minimum atomic E-state index is -4.93. The highest BCUT2D eigenvalue weighted by Gasteiger charge is 2.37. The molecule has 0 aromatic heterocycles. The van der Waals surface area contributed by atoms with Crippen molar-refractivity contribution in [3.8, 4) is 5.75 Å². The van der Waals surface area contributed by atoms with Gasteiger partial charge in [-0.1, -0.05) is 24.3 Å². The number of benzene rings is 3. The molecule has 0 atom stereocenters. The van der Waals surface area contributed by atoms with E-state index in [1.54, 1.807) is 17.0 Å². The molecule has 0 radical (unpaired) electrons. The maximum atomic E-state index is 13.1. The molecule has 1 saturated heterocycles. The molecule has 214 valence electrons. The fourth-order valence-corrected chi connectivity index (χ4v) is 4.45. The largest absolute Gasteiger partial charge is 0.489 e. The lowest BCUT2D eigenvalue weighted by atomic mass is 10.1. The molecule has 0 saturated carbocycles. The summed E-state index contributed by atoms with van der Waals surface area (Å²) in [5.41, 5.74) is 0.00622. The van der Waals surface area contributed by atoms with Gasteiger partial charge in [-0.15, -0.1) is 0 Å². The second-order valence-electron chi connectivity index (χ2n) is 9.66. The number of nitrogens with zero attached hydrogens (tertiary/aromatic N) is 2. The van der Waals surface area contributed by atoms with Gasteiger partial charge in [-0.3, -0.25) is 4.90 Å².